The predicted octanol–water partition coefficient (Wildman–Crippen LogP) is 2.34. The molecule has 0 unspecified atom stereocenters. The Morgan fingerprint density at radius 1 is 1.11 bits per heavy atom. The van der Waals surface area contributed by atoms with Crippen LogP contribution in [-0.2, 0) is 0 Å². The van der Waals surface area contributed by atoms with Crippen LogP contribution in [0.15, 0.2) is 42.7 Å². The minimum Gasteiger partial charge on any atom is -0.320 e. The van der Waals surface area contributed by atoms with Gasteiger partial charge in [-0.3, -0.25) is 9.78 Å². The van der Waals surface area contributed by atoms with Crippen LogP contribution in [0.5, 0.6) is 0 Å². The normalized spacial score (nSPS) is 10.4. The molecule has 0 bridgehead atoms. The smallest absolute Gasteiger partial charge is 0.255 e. The summed E-state index contributed by atoms with van der Waals surface area (Å²) in [7, 11) is 0. The van der Waals surface area contributed by atoms with E-state index in [0.717, 1.165) is 17.2 Å². The summed E-state index contributed by atoms with van der Waals surface area (Å²) in [6.07, 6.45) is 3.17. The number of aromatic nitrogens is 3. The van der Waals surface area contributed by atoms with Gasteiger partial charge in [0.15, 0.2) is 0 Å². The summed E-state index contributed by atoms with van der Waals surface area (Å²) in [6.45, 7) is 0. The Kier molecular flexibility index (Phi) is 2.70. The van der Waals surface area contributed by atoms with Crippen molar-refractivity contribution < 1.29 is 4.79 Å². The zero-order chi connectivity index (χ0) is 12.4. The Hall–Kier alpha value is -2.34. The molecule has 0 aliphatic carbocycles. The summed E-state index contributed by atoms with van der Waals surface area (Å²) >= 11 is 1.13. The van der Waals surface area contributed by atoms with Gasteiger partial charge in [-0.1, -0.05) is 6.07 Å². The van der Waals surface area contributed by atoms with E-state index in [1.807, 2.05) is 18.2 Å². The maximum Gasteiger partial charge on any atom is 0.255 e. The van der Waals surface area contributed by atoms with E-state index in [4.69, 9.17) is 0 Å². The van der Waals surface area contributed by atoms with Crippen molar-refractivity contribution in [3.63, 3.8) is 0 Å². The molecule has 0 saturated heterocycles. The molecule has 18 heavy (non-hydrogen) atoms. The first-order valence-electron chi connectivity index (χ1n) is 5.27. The van der Waals surface area contributed by atoms with Crippen LogP contribution in [0.2, 0.25) is 0 Å². The van der Waals surface area contributed by atoms with Crippen LogP contribution in [0.3, 0.4) is 0 Å². The van der Waals surface area contributed by atoms with E-state index in [1.54, 1.807) is 24.5 Å². The lowest BCUT2D eigenvalue weighted by Gasteiger charge is -2.04. The maximum atomic E-state index is 12.0. The van der Waals surface area contributed by atoms with Crippen molar-refractivity contribution in [3.8, 4) is 0 Å². The number of rotatable bonds is 2. The summed E-state index contributed by atoms with van der Waals surface area (Å²) in [5.74, 6) is -0.182. The third kappa shape index (κ3) is 1.93. The minimum atomic E-state index is -0.182. The summed E-state index contributed by atoms with van der Waals surface area (Å²) < 4.78 is 8.30. The predicted molar refractivity (Wildman–Crippen MR) is 69.6 cm³/mol. The molecule has 5 nitrogen and oxygen atoms in total. The van der Waals surface area contributed by atoms with E-state index in [2.05, 4.69) is 19.0 Å². The van der Waals surface area contributed by atoms with Gasteiger partial charge in [-0.25, -0.2) is 0 Å². The van der Waals surface area contributed by atoms with Gasteiger partial charge in [0.25, 0.3) is 5.91 Å². The zero-order valence-corrected chi connectivity index (χ0v) is 10.0. The quantitative estimate of drug-likeness (QED) is 0.764. The van der Waals surface area contributed by atoms with Gasteiger partial charge >= 0.3 is 0 Å². The van der Waals surface area contributed by atoms with E-state index in [1.165, 1.54) is 0 Å². The average molecular weight is 256 g/mol. The molecule has 0 atom stereocenters. The van der Waals surface area contributed by atoms with Gasteiger partial charge in [0, 0.05) is 18.0 Å². The van der Waals surface area contributed by atoms with Crippen LogP contribution in [0, 0.1) is 0 Å². The van der Waals surface area contributed by atoms with Crippen molar-refractivity contribution in [1.82, 2.24) is 13.7 Å². The molecule has 2 heterocycles. The number of anilines is 1. The second kappa shape index (κ2) is 4.50. The van der Waals surface area contributed by atoms with Gasteiger partial charge in [0.1, 0.15) is 11.0 Å². The Balaban J connectivity index is 1.93. The van der Waals surface area contributed by atoms with E-state index < -0.39 is 0 Å². The zero-order valence-electron chi connectivity index (χ0n) is 9.20. The minimum absolute atomic E-state index is 0.182. The second-order valence-corrected chi connectivity index (χ2v) is 4.16. The third-order valence-electron chi connectivity index (χ3n) is 2.48. The molecule has 6 heteroatoms. The van der Waals surface area contributed by atoms with Gasteiger partial charge in [-0.2, -0.15) is 8.75 Å². The fourth-order valence-corrected chi connectivity index (χ4v) is 2.15. The SMILES string of the molecule is O=C(Nc1cccc2nsnc12)c1ccncc1. The number of nitrogens with one attached hydrogen (secondary N) is 1. The fraction of sp³-hybridized carbons (Fsp3) is 0. The molecule has 0 aliphatic heterocycles. The lowest BCUT2D eigenvalue weighted by molar-refractivity contribution is 0.102. The molecule has 0 radical (unpaired) electrons. The highest BCUT2D eigenvalue weighted by atomic mass is 32.1. The first-order valence-corrected chi connectivity index (χ1v) is 6.00. The molecule has 88 valence electrons. The van der Waals surface area contributed by atoms with E-state index in [0.29, 0.717) is 16.8 Å². The Bertz CT molecular complexity index is 695. The van der Waals surface area contributed by atoms with Crippen LogP contribution < -0.4 is 5.32 Å². The molecule has 1 N–H and O–H groups in total. The number of benzene rings is 1. The number of nitrogens with zero attached hydrogens (tertiary/aromatic N) is 3. The van der Waals surface area contributed by atoms with Crippen molar-refractivity contribution in [1.29, 1.82) is 0 Å². The standard InChI is InChI=1S/C12H8N4OS/c17-12(8-4-6-13-7-5-8)14-9-2-1-3-10-11(9)16-18-15-10/h1-7H,(H,14,17). The first-order chi connectivity index (χ1) is 8.84. The Morgan fingerprint density at radius 2 is 1.94 bits per heavy atom. The second-order valence-electron chi connectivity index (χ2n) is 3.63. The van der Waals surface area contributed by atoms with Crippen LogP contribution in [0.4, 0.5) is 5.69 Å². The highest BCUT2D eigenvalue weighted by molar-refractivity contribution is 7.00. The number of carbonyl (C=O) groups is 1. The lowest BCUT2D eigenvalue weighted by Crippen LogP contribution is -2.12. The largest absolute Gasteiger partial charge is 0.320 e. The molecule has 2 aromatic heterocycles. The van der Waals surface area contributed by atoms with Crippen molar-refractivity contribution in [3.05, 3.63) is 48.3 Å². The molecule has 3 rings (SSSR count). The number of amides is 1. The number of pyridine rings is 1. The molecule has 0 spiro atoms. The summed E-state index contributed by atoms with van der Waals surface area (Å²) in [5.41, 5.74) is 2.73. The molecular weight excluding hydrogens is 248 g/mol. The van der Waals surface area contributed by atoms with Crippen molar-refractivity contribution in [2.75, 3.05) is 5.32 Å². The fourth-order valence-electron chi connectivity index (χ4n) is 1.60. The van der Waals surface area contributed by atoms with Gasteiger partial charge in [0.2, 0.25) is 0 Å². The molecule has 1 amide bonds. The van der Waals surface area contributed by atoms with Gasteiger partial charge in [0.05, 0.1) is 17.4 Å². The molecule has 0 fully saturated rings. The first kappa shape index (κ1) is 10.8. The topological polar surface area (TPSA) is 67.8 Å². The highest BCUT2D eigenvalue weighted by Gasteiger charge is 2.09. The van der Waals surface area contributed by atoms with Gasteiger partial charge in [-0.05, 0) is 24.3 Å². The van der Waals surface area contributed by atoms with Crippen molar-refractivity contribution in [2.45, 2.75) is 0 Å². The lowest BCUT2D eigenvalue weighted by atomic mass is 10.2. The average Bonchev–Trinajstić information content (AvgIpc) is 2.89. The van der Waals surface area contributed by atoms with Crippen LogP contribution in [0.1, 0.15) is 10.4 Å². The molecule has 0 aliphatic rings. The van der Waals surface area contributed by atoms with Crippen molar-refractivity contribution in [2.24, 2.45) is 0 Å². The number of carbonyl (C=O) groups excluding carboxylic acids is 1. The maximum absolute atomic E-state index is 12.0. The van der Waals surface area contributed by atoms with E-state index >= 15 is 0 Å². The Labute approximate surface area is 107 Å². The van der Waals surface area contributed by atoms with Gasteiger partial charge in [-0.15, -0.1) is 0 Å². The highest BCUT2D eigenvalue weighted by Crippen LogP contribution is 2.21. The number of hydrogen-bond acceptors (Lipinski definition) is 5. The van der Waals surface area contributed by atoms with Crippen molar-refractivity contribution >= 4 is 34.4 Å². The number of fused-ring (bicyclic) bond motifs is 1. The summed E-state index contributed by atoms with van der Waals surface area (Å²) in [5, 5.41) is 2.82. The molecule has 0 saturated carbocycles. The van der Waals surface area contributed by atoms with Gasteiger partial charge < -0.3 is 5.32 Å². The molecular formula is C12H8N4OS. The van der Waals surface area contributed by atoms with E-state index in [9.17, 15) is 4.79 Å². The van der Waals surface area contributed by atoms with Crippen LogP contribution >= 0.6 is 11.7 Å². The summed E-state index contributed by atoms with van der Waals surface area (Å²) in [4.78, 5) is 15.9. The summed E-state index contributed by atoms with van der Waals surface area (Å²) in [6, 6.07) is 8.83. The Morgan fingerprint density at radius 3 is 2.78 bits per heavy atom. The molecule has 1 aromatic carbocycles. The van der Waals surface area contributed by atoms with Crippen LogP contribution in [-0.4, -0.2) is 19.6 Å². The van der Waals surface area contributed by atoms with E-state index in [-0.39, 0.29) is 5.91 Å². The van der Waals surface area contributed by atoms with Crippen LogP contribution in [0.25, 0.3) is 11.0 Å². The molecule has 3 aromatic rings. The monoisotopic (exact) mass is 256 g/mol. The third-order valence-corrected chi connectivity index (χ3v) is 3.02. The number of hydrogen-bond donors (Lipinski definition) is 1.